The maximum atomic E-state index is 12.4. The largest absolute Gasteiger partial charge is 0.349 e. The van der Waals surface area contributed by atoms with Crippen molar-refractivity contribution in [1.29, 1.82) is 0 Å². The number of nitrogens with zero attached hydrogens (tertiary/aromatic N) is 2. The van der Waals surface area contributed by atoms with E-state index in [9.17, 15) is 8.42 Å². The maximum Gasteiger partial charge on any atom is 0.296 e. The SMILES string of the molecule is CCn1c2ccccc2c2cc(C=CC34OCCN3c3ccc(S(=O)(=O)OC)cc3C4(C)C)ccc21. The van der Waals surface area contributed by atoms with Gasteiger partial charge in [0.25, 0.3) is 10.1 Å². The standard InChI is InChI=1S/C29H30N2O4S/c1-5-30-25-9-7-6-8-22(25)23-18-20(10-12-26(23)30)14-15-29-28(2,3)24-19-21(36(32,33)34-4)11-13-27(24)31(29)16-17-35-29/h6-15,18-19H,5,16-17H2,1-4H3. The van der Waals surface area contributed by atoms with Crippen LogP contribution in [0.3, 0.4) is 0 Å². The highest BCUT2D eigenvalue weighted by atomic mass is 32.2. The molecule has 1 saturated heterocycles. The van der Waals surface area contributed by atoms with Gasteiger partial charge in [0.2, 0.25) is 0 Å². The zero-order chi connectivity index (χ0) is 25.3. The van der Waals surface area contributed by atoms with Gasteiger partial charge < -0.3 is 14.2 Å². The highest BCUT2D eigenvalue weighted by molar-refractivity contribution is 7.86. The van der Waals surface area contributed by atoms with Crippen LogP contribution in [0.2, 0.25) is 0 Å². The van der Waals surface area contributed by atoms with E-state index in [1.165, 1.54) is 28.9 Å². The van der Waals surface area contributed by atoms with E-state index in [0.29, 0.717) is 6.61 Å². The van der Waals surface area contributed by atoms with Crippen molar-refractivity contribution in [3.63, 3.8) is 0 Å². The smallest absolute Gasteiger partial charge is 0.296 e. The van der Waals surface area contributed by atoms with Gasteiger partial charge in [-0.3, -0.25) is 4.18 Å². The van der Waals surface area contributed by atoms with Crippen LogP contribution in [0.5, 0.6) is 0 Å². The molecule has 1 atom stereocenters. The molecule has 0 radical (unpaired) electrons. The second-order valence-corrected chi connectivity index (χ2v) is 11.7. The molecule has 6 rings (SSSR count). The molecule has 0 aliphatic carbocycles. The fourth-order valence-corrected chi connectivity index (χ4v) is 6.81. The van der Waals surface area contributed by atoms with Gasteiger partial charge in [0.1, 0.15) is 0 Å². The van der Waals surface area contributed by atoms with Crippen molar-refractivity contribution in [2.45, 2.75) is 43.4 Å². The first-order valence-electron chi connectivity index (χ1n) is 12.3. The van der Waals surface area contributed by atoms with Gasteiger partial charge in [-0.1, -0.05) is 44.2 Å². The van der Waals surface area contributed by atoms with Gasteiger partial charge in [-0.2, -0.15) is 8.42 Å². The van der Waals surface area contributed by atoms with E-state index in [1.807, 2.05) is 6.07 Å². The Hall–Kier alpha value is -3.13. The van der Waals surface area contributed by atoms with Crippen molar-refractivity contribution in [3.05, 3.63) is 77.9 Å². The second kappa shape index (κ2) is 7.93. The van der Waals surface area contributed by atoms with Gasteiger partial charge in [-0.05, 0) is 60.5 Å². The van der Waals surface area contributed by atoms with Crippen molar-refractivity contribution < 1.29 is 17.3 Å². The minimum absolute atomic E-state index is 0.162. The predicted octanol–water partition coefficient (Wildman–Crippen LogP) is 5.69. The molecule has 6 nitrogen and oxygen atoms in total. The number of hydrogen-bond acceptors (Lipinski definition) is 5. The van der Waals surface area contributed by atoms with E-state index < -0.39 is 21.3 Å². The average molecular weight is 503 g/mol. The summed E-state index contributed by atoms with van der Waals surface area (Å²) < 4.78 is 38.4. The van der Waals surface area contributed by atoms with Crippen molar-refractivity contribution in [2.24, 2.45) is 0 Å². The van der Waals surface area contributed by atoms with Crippen LogP contribution in [-0.2, 0) is 31.0 Å². The quantitative estimate of drug-likeness (QED) is 0.328. The molecule has 2 aliphatic heterocycles. The van der Waals surface area contributed by atoms with Gasteiger partial charge in [-0.25, -0.2) is 0 Å². The highest BCUT2D eigenvalue weighted by Crippen LogP contribution is 2.55. The molecule has 0 N–H and O–H groups in total. The van der Waals surface area contributed by atoms with Crippen LogP contribution in [-0.4, -0.2) is 39.0 Å². The molecule has 0 spiro atoms. The summed E-state index contributed by atoms with van der Waals surface area (Å²) in [5, 5.41) is 2.49. The van der Waals surface area contributed by atoms with Crippen LogP contribution in [0.25, 0.3) is 27.9 Å². The lowest BCUT2D eigenvalue weighted by Gasteiger charge is -2.39. The lowest BCUT2D eigenvalue weighted by atomic mass is 9.77. The average Bonchev–Trinajstić information content (AvgIpc) is 3.51. The van der Waals surface area contributed by atoms with Crippen LogP contribution in [0.4, 0.5) is 5.69 Å². The lowest BCUT2D eigenvalue weighted by molar-refractivity contribution is 0.000290. The molecule has 0 bridgehead atoms. The minimum Gasteiger partial charge on any atom is -0.349 e. The van der Waals surface area contributed by atoms with Crippen molar-refractivity contribution in [3.8, 4) is 0 Å². The number of para-hydroxylation sites is 1. The van der Waals surface area contributed by atoms with Crippen LogP contribution in [0.15, 0.2) is 71.6 Å². The van der Waals surface area contributed by atoms with E-state index in [-0.39, 0.29) is 4.90 Å². The molecule has 3 aromatic carbocycles. The first-order chi connectivity index (χ1) is 17.2. The molecule has 1 aromatic heterocycles. The van der Waals surface area contributed by atoms with Crippen LogP contribution >= 0.6 is 0 Å². The van der Waals surface area contributed by atoms with Gasteiger partial charge >= 0.3 is 0 Å². The predicted molar refractivity (Wildman–Crippen MR) is 144 cm³/mol. The summed E-state index contributed by atoms with van der Waals surface area (Å²) in [5.41, 5.74) is 4.31. The Morgan fingerprint density at radius 1 is 1.03 bits per heavy atom. The second-order valence-electron chi connectivity index (χ2n) is 9.99. The number of benzene rings is 3. The first-order valence-corrected chi connectivity index (χ1v) is 13.7. The van der Waals surface area contributed by atoms with Gasteiger partial charge in [-0.15, -0.1) is 0 Å². The third-order valence-electron chi connectivity index (χ3n) is 7.99. The normalized spacial score (nSPS) is 21.1. The number of aromatic nitrogens is 1. The van der Waals surface area contributed by atoms with E-state index >= 15 is 0 Å². The first kappa shape index (κ1) is 23.3. The molecule has 186 valence electrons. The minimum atomic E-state index is -3.79. The van der Waals surface area contributed by atoms with E-state index in [2.05, 4.69) is 84.9 Å². The van der Waals surface area contributed by atoms with Gasteiger partial charge in [0.05, 0.1) is 18.6 Å². The summed E-state index contributed by atoms with van der Waals surface area (Å²) >= 11 is 0. The molecule has 7 heteroatoms. The zero-order valence-electron chi connectivity index (χ0n) is 21.0. The molecule has 2 aliphatic rings. The number of rotatable bonds is 5. The summed E-state index contributed by atoms with van der Waals surface area (Å²) in [6.45, 7) is 8.66. The topological polar surface area (TPSA) is 60.8 Å². The Bertz CT molecular complexity index is 1650. The Morgan fingerprint density at radius 3 is 2.58 bits per heavy atom. The molecule has 3 heterocycles. The van der Waals surface area contributed by atoms with E-state index in [0.717, 1.165) is 29.9 Å². The molecule has 0 amide bonds. The molecular weight excluding hydrogens is 472 g/mol. The fourth-order valence-electron chi connectivity index (χ4n) is 6.12. The van der Waals surface area contributed by atoms with Crippen molar-refractivity contribution in [2.75, 3.05) is 25.2 Å². The highest BCUT2D eigenvalue weighted by Gasteiger charge is 2.59. The molecule has 0 saturated carbocycles. The van der Waals surface area contributed by atoms with Gasteiger partial charge in [0, 0.05) is 46.0 Å². The van der Waals surface area contributed by atoms with Crippen molar-refractivity contribution >= 4 is 43.7 Å². The third kappa shape index (κ3) is 3.06. The lowest BCUT2D eigenvalue weighted by Crippen LogP contribution is -2.51. The van der Waals surface area contributed by atoms with Crippen LogP contribution in [0.1, 0.15) is 31.9 Å². The number of hydrogen-bond donors (Lipinski definition) is 0. The molecule has 4 aromatic rings. The molecule has 36 heavy (non-hydrogen) atoms. The summed E-state index contributed by atoms with van der Waals surface area (Å²) in [6.07, 6.45) is 4.28. The summed E-state index contributed by atoms with van der Waals surface area (Å²) in [7, 11) is -2.60. The summed E-state index contributed by atoms with van der Waals surface area (Å²) in [6, 6.07) is 20.3. The van der Waals surface area contributed by atoms with E-state index in [4.69, 9.17) is 8.92 Å². The van der Waals surface area contributed by atoms with Crippen LogP contribution in [0, 0.1) is 0 Å². The Morgan fingerprint density at radius 2 is 1.81 bits per heavy atom. The monoisotopic (exact) mass is 502 g/mol. The number of anilines is 1. The van der Waals surface area contributed by atoms with Crippen molar-refractivity contribution in [1.82, 2.24) is 4.57 Å². The number of ether oxygens (including phenoxy) is 1. The molecular formula is C29H30N2O4S. The maximum absolute atomic E-state index is 12.4. The third-order valence-corrected chi connectivity index (χ3v) is 9.26. The fraction of sp³-hybridized carbons (Fsp3) is 0.310. The molecule has 1 fully saturated rings. The number of fused-ring (bicyclic) bond motifs is 6. The number of aryl methyl sites for hydroxylation is 1. The van der Waals surface area contributed by atoms with E-state index in [1.54, 1.807) is 12.1 Å². The Balaban J connectivity index is 1.45. The zero-order valence-corrected chi connectivity index (χ0v) is 21.8. The summed E-state index contributed by atoms with van der Waals surface area (Å²) in [5.74, 6) is 0. The Labute approximate surface area is 211 Å². The molecule has 1 unspecified atom stereocenters. The summed E-state index contributed by atoms with van der Waals surface area (Å²) in [4.78, 5) is 2.42. The van der Waals surface area contributed by atoms with Crippen LogP contribution < -0.4 is 4.90 Å². The van der Waals surface area contributed by atoms with Gasteiger partial charge in [0.15, 0.2) is 5.72 Å². The Kier molecular flexibility index (Phi) is 5.13.